The number of hydrogen-bond acceptors (Lipinski definition) is 3. The lowest BCUT2D eigenvalue weighted by atomic mass is 9.88. The van der Waals surface area contributed by atoms with Crippen LogP contribution in [-0.4, -0.2) is 20.4 Å². The number of nitrogens with two attached hydrogens (primary N) is 1. The van der Waals surface area contributed by atoms with Crippen molar-refractivity contribution < 1.29 is 17.6 Å². The van der Waals surface area contributed by atoms with Crippen LogP contribution in [0.1, 0.15) is 38.1 Å². The number of rotatable bonds is 3. The fourth-order valence-electron chi connectivity index (χ4n) is 1.41. The fraction of sp³-hybridized carbons (Fsp3) is 0.462. The summed E-state index contributed by atoms with van der Waals surface area (Å²) in [6.07, 6.45) is 0. The molecule has 8 heteroatoms. The van der Waals surface area contributed by atoms with E-state index in [9.17, 15) is 17.6 Å². The summed E-state index contributed by atoms with van der Waals surface area (Å²) in [7, 11) is -4.14. The van der Waals surface area contributed by atoms with Crippen LogP contribution in [0.15, 0.2) is 17.0 Å². The van der Waals surface area contributed by atoms with Gasteiger partial charge in [0.15, 0.2) is 0 Å². The summed E-state index contributed by atoms with van der Waals surface area (Å²) in [6, 6.07) is 1.35. The Bertz CT molecular complexity index is 669. The Morgan fingerprint density at radius 1 is 1.38 bits per heavy atom. The first-order valence-corrected chi connectivity index (χ1v) is 8.09. The van der Waals surface area contributed by atoms with Crippen molar-refractivity contribution >= 4 is 27.5 Å². The van der Waals surface area contributed by atoms with E-state index in [1.165, 1.54) is 0 Å². The van der Waals surface area contributed by atoms with Crippen molar-refractivity contribution in [3.05, 3.63) is 28.5 Å². The van der Waals surface area contributed by atoms with Crippen LogP contribution >= 0.6 is 11.6 Å². The van der Waals surface area contributed by atoms with E-state index < -0.39 is 32.2 Å². The maximum Gasteiger partial charge on any atom is 0.254 e. The second-order valence-electron chi connectivity index (χ2n) is 5.87. The monoisotopic (exact) mass is 336 g/mol. The van der Waals surface area contributed by atoms with Crippen LogP contribution in [0.5, 0.6) is 0 Å². The summed E-state index contributed by atoms with van der Waals surface area (Å²) < 4.78 is 36.6. The van der Waals surface area contributed by atoms with Crippen molar-refractivity contribution in [3.63, 3.8) is 0 Å². The molecule has 0 saturated carbocycles. The molecule has 0 aromatic heterocycles. The average Bonchev–Trinajstić information content (AvgIpc) is 2.25. The number of carbonyl (C=O) groups excluding carboxylic acids is 1. The molecule has 0 heterocycles. The average molecular weight is 337 g/mol. The van der Waals surface area contributed by atoms with Gasteiger partial charge >= 0.3 is 0 Å². The van der Waals surface area contributed by atoms with Crippen LogP contribution in [0.4, 0.5) is 4.39 Å². The third-order valence-electron chi connectivity index (χ3n) is 3.22. The standard InChI is InChI=1S/C13H18ClFN2O3S/c1-7(13(2,3)4)17-12(18)8-5-11(21(16,19)20)9(14)6-10(8)15/h5-7H,1-4H3,(H,17,18)(H2,16,19,20). The van der Waals surface area contributed by atoms with Crippen LogP contribution in [0.3, 0.4) is 0 Å². The van der Waals surface area contributed by atoms with Gasteiger partial charge in [-0.3, -0.25) is 4.79 Å². The first-order valence-electron chi connectivity index (χ1n) is 6.16. The number of hydrogen-bond donors (Lipinski definition) is 2. The highest BCUT2D eigenvalue weighted by atomic mass is 35.5. The molecule has 1 aromatic rings. The van der Waals surface area contributed by atoms with E-state index in [1.54, 1.807) is 6.92 Å². The van der Waals surface area contributed by atoms with Gasteiger partial charge in [0.05, 0.1) is 10.6 Å². The van der Waals surface area contributed by atoms with Crippen LogP contribution in [0, 0.1) is 11.2 Å². The van der Waals surface area contributed by atoms with Gasteiger partial charge in [-0.05, 0) is 24.5 Å². The summed E-state index contributed by atoms with van der Waals surface area (Å²) in [5.74, 6) is -1.64. The van der Waals surface area contributed by atoms with Gasteiger partial charge in [0.25, 0.3) is 5.91 Å². The number of amides is 1. The molecule has 0 aliphatic carbocycles. The molecule has 21 heavy (non-hydrogen) atoms. The number of primary sulfonamides is 1. The highest BCUT2D eigenvalue weighted by Crippen LogP contribution is 2.25. The molecular formula is C13H18ClFN2O3S. The molecule has 5 nitrogen and oxygen atoms in total. The third kappa shape index (κ3) is 4.39. The molecule has 118 valence electrons. The van der Waals surface area contributed by atoms with Crippen LogP contribution in [-0.2, 0) is 10.0 Å². The summed E-state index contributed by atoms with van der Waals surface area (Å²) in [4.78, 5) is 11.6. The highest BCUT2D eigenvalue weighted by molar-refractivity contribution is 7.89. The minimum Gasteiger partial charge on any atom is -0.349 e. The number of halogens is 2. The lowest BCUT2D eigenvalue weighted by molar-refractivity contribution is 0.0905. The molecule has 0 bridgehead atoms. The topological polar surface area (TPSA) is 89.3 Å². The predicted molar refractivity (Wildman–Crippen MR) is 79.2 cm³/mol. The zero-order chi connectivity index (χ0) is 16.6. The largest absolute Gasteiger partial charge is 0.349 e. The van der Waals surface area contributed by atoms with Gasteiger partial charge in [0, 0.05) is 6.04 Å². The molecular weight excluding hydrogens is 319 g/mol. The molecule has 0 fully saturated rings. The Morgan fingerprint density at radius 3 is 2.33 bits per heavy atom. The van der Waals surface area contributed by atoms with Crippen LogP contribution in [0.2, 0.25) is 5.02 Å². The summed E-state index contributed by atoms with van der Waals surface area (Å²) >= 11 is 5.64. The molecule has 0 aliphatic rings. The van der Waals surface area contributed by atoms with Crippen LogP contribution in [0.25, 0.3) is 0 Å². The van der Waals surface area contributed by atoms with Crippen molar-refractivity contribution in [1.29, 1.82) is 0 Å². The number of nitrogens with one attached hydrogen (secondary N) is 1. The molecule has 1 amide bonds. The molecule has 0 spiro atoms. The van der Waals surface area contributed by atoms with Crippen molar-refractivity contribution in [2.75, 3.05) is 0 Å². The minimum atomic E-state index is -4.14. The lowest BCUT2D eigenvalue weighted by Gasteiger charge is -2.28. The Hall–Kier alpha value is -1.18. The Kier molecular flexibility index (Phi) is 5.02. The van der Waals surface area contributed by atoms with E-state index in [4.69, 9.17) is 16.7 Å². The van der Waals surface area contributed by atoms with E-state index in [0.717, 1.165) is 12.1 Å². The summed E-state index contributed by atoms with van der Waals surface area (Å²) in [6.45, 7) is 7.50. The molecule has 0 radical (unpaired) electrons. The van der Waals surface area contributed by atoms with Gasteiger partial charge in [-0.15, -0.1) is 0 Å². The lowest BCUT2D eigenvalue weighted by Crippen LogP contribution is -2.41. The molecule has 0 aliphatic heterocycles. The first kappa shape index (κ1) is 17.9. The highest BCUT2D eigenvalue weighted by Gasteiger charge is 2.25. The van der Waals surface area contributed by atoms with Crippen molar-refractivity contribution in [2.45, 2.75) is 38.6 Å². The minimum absolute atomic E-state index is 0.235. The van der Waals surface area contributed by atoms with Gasteiger partial charge in [0.1, 0.15) is 10.7 Å². The summed E-state index contributed by atoms with van der Waals surface area (Å²) in [5.41, 5.74) is -0.652. The maximum atomic E-state index is 13.8. The van der Waals surface area contributed by atoms with Gasteiger partial charge in [-0.2, -0.15) is 0 Å². The fourth-order valence-corrected chi connectivity index (χ4v) is 2.50. The van der Waals surface area contributed by atoms with Gasteiger partial charge in [-0.25, -0.2) is 17.9 Å². The molecule has 0 saturated heterocycles. The van der Waals surface area contributed by atoms with Gasteiger partial charge < -0.3 is 5.32 Å². The second kappa shape index (κ2) is 5.90. The van der Waals surface area contributed by atoms with E-state index in [-0.39, 0.29) is 16.5 Å². The zero-order valence-electron chi connectivity index (χ0n) is 12.2. The maximum absolute atomic E-state index is 13.8. The molecule has 1 atom stereocenters. The van der Waals surface area contributed by atoms with Crippen molar-refractivity contribution in [1.82, 2.24) is 5.32 Å². The smallest absolute Gasteiger partial charge is 0.254 e. The molecule has 3 N–H and O–H groups in total. The number of carbonyl (C=O) groups is 1. The quantitative estimate of drug-likeness (QED) is 0.887. The van der Waals surface area contributed by atoms with E-state index in [1.807, 2.05) is 20.8 Å². The van der Waals surface area contributed by atoms with Gasteiger partial charge in [-0.1, -0.05) is 32.4 Å². The third-order valence-corrected chi connectivity index (χ3v) is 4.59. The van der Waals surface area contributed by atoms with E-state index in [0.29, 0.717) is 0 Å². The molecule has 1 unspecified atom stereocenters. The second-order valence-corrected chi connectivity index (χ2v) is 7.81. The Morgan fingerprint density at radius 2 is 1.90 bits per heavy atom. The first-order chi connectivity index (χ1) is 9.34. The molecule has 1 aromatic carbocycles. The summed E-state index contributed by atoms with van der Waals surface area (Å²) in [5, 5.41) is 7.23. The predicted octanol–water partition coefficient (Wildman–Crippen LogP) is 2.29. The van der Waals surface area contributed by atoms with Crippen molar-refractivity contribution in [3.8, 4) is 0 Å². The molecule has 1 rings (SSSR count). The zero-order valence-corrected chi connectivity index (χ0v) is 13.8. The Labute approximate surface area is 128 Å². The van der Waals surface area contributed by atoms with Crippen LogP contribution < -0.4 is 10.5 Å². The SMILES string of the molecule is CC(NC(=O)c1cc(S(N)(=O)=O)c(Cl)cc1F)C(C)(C)C. The Balaban J connectivity index is 3.23. The van der Waals surface area contributed by atoms with Gasteiger partial charge in [0.2, 0.25) is 10.0 Å². The normalized spacial score (nSPS) is 13.9. The van der Waals surface area contributed by atoms with Crippen molar-refractivity contribution in [2.24, 2.45) is 10.6 Å². The number of sulfonamides is 1. The van der Waals surface area contributed by atoms with E-state index in [2.05, 4.69) is 5.32 Å². The van der Waals surface area contributed by atoms with E-state index >= 15 is 0 Å². The number of benzene rings is 1.